The number of benzene rings is 1. The van der Waals surface area contributed by atoms with E-state index in [-0.39, 0.29) is 6.10 Å². The van der Waals surface area contributed by atoms with Crippen molar-refractivity contribution in [3.05, 3.63) is 23.0 Å². The quantitative estimate of drug-likeness (QED) is 0.531. The van der Waals surface area contributed by atoms with E-state index in [2.05, 4.69) is 29.5 Å². The van der Waals surface area contributed by atoms with Crippen LogP contribution in [0.15, 0.2) is 18.2 Å². The molecule has 1 atom stereocenters. The minimum absolute atomic E-state index is 0.155. The number of ether oxygens (including phenoxy) is 1. The van der Waals surface area contributed by atoms with Gasteiger partial charge in [-0.15, -0.1) is 0 Å². The third-order valence-corrected chi connectivity index (χ3v) is 4.04. The number of aromatic amines is 1. The summed E-state index contributed by atoms with van der Waals surface area (Å²) in [5, 5.41) is 0. The van der Waals surface area contributed by atoms with Gasteiger partial charge in [-0.2, -0.15) is 0 Å². The fraction of sp³-hybridized carbons (Fsp3) is 0.588. The van der Waals surface area contributed by atoms with Crippen molar-refractivity contribution in [2.24, 2.45) is 0 Å². The smallest absolute Gasteiger partial charge is 0.178 e. The van der Waals surface area contributed by atoms with Gasteiger partial charge in [0.1, 0.15) is 11.3 Å². The maximum absolute atomic E-state index is 5.88. The van der Waals surface area contributed by atoms with Crippen molar-refractivity contribution in [1.82, 2.24) is 9.55 Å². The second kappa shape index (κ2) is 7.12. The van der Waals surface area contributed by atoms with Gasteiger partial charge >= 0.3 is 0 Å². The maximum Gasteiger partial charge on any atom is 0.178 e. The highest BCUT2D eigenvalue weighted by atomic mass is 32.1. The van der Waals surface area contributed by atoms with E-state index in [9.17, 15) is 0 Å². The Labute approximate surface area is 132 Å². The number of hydrogen-bond acceptors (Lipinski definition) is 2. The third kappa shape index (κ3) is 3.67. The zero-order valence-electron chi connectivity index (χ0n) is 13.5. The molecule has 0 aliphatic rings. The Hall–Kier alpha value is -1.29. The zero-order chi connectivity index (χ0) is 15.4. The number of nitrogens with zero attached hydrogens (tertiary/aromatic N) is 1. The van der Waals surface area contributed by atoms with Gasteiger partial charge < -0.3 is 14.3 Å². The number of para-hydroxylation sites is 1. The van der Waals surface area contributed by atoms with Crippen LogP contribution in [0.4, 0.5) is 0 Å². The minimum Gasteiger partial charge on any atom is -0.489 e. The van der Waals surface area contributed by atoms with Gasteiger partial charge in [0.2, 0.25) is 0 Å². The zero-order valence-corrected chi connectivity index (χ0v) is 14.3. The number of H-pyrrole nitrogens is 1. The molecule has 116 valence electrons. The summed E-state index contributed by atoms with van der Waals surface area (Å²) in [6, 6.07) is 6.56. The summed E-state index contributed by atoms with van der Waals surface area (Å²) in [7, 11) is 0. The molecule has 0 bridgehead atoms. The molecule has 1 aromatic heterocycles. The maximum atomic E-state index is 5.88. The molecule has 21 heavy (non-hydrogen) atoms. The lowest BCUT2D eigenvalue weighted by atomic mass is 10.1. The van der Waals surface area contributed by atoms with Crippen LogP contribution in [0.25, 0.3) is 11.0 Å². The molecule has 1 aromatic carbocycles. The molecule has 0 aliphatic carbocycles. The molecule has 0 aliphatic heterocycles. The largest absolute Gasteiger partial charge is 0.489 e. The summed E-state index contributed by atoms with van der Waals surface area (Å²) in [6.45, 7) is 8.56. The van der Waals surface area contributed by atoms with Crippen LogP contribution in [-0.4, -0.2) is 15.7 Å². The average Bonchev–Trinajstić information content (AvgIpc) is 2.75. The first-order valence-corrected chi connectivity index (χ1v) is 8.35. The second-order valence-corrected chi connectivity index (χ2v) is 6.35. The van der Waals surface area contributed by atoms with Gasteiger partial charge in [0.15, 0.2) is 4.77 Å². The van der Waals surface area contributed by atoms with Crippen LogP contribution in [0.2, 0.25) is 0 Å². The highest BCUT2D eigenvalue weighted by Gasteiger charge is 2.14. The fourth-order valence-corrected chi connectivity index (χ4v) is 3.11. The Kier molecular flexibility index (Phi) is 5.45. The molecule has 0 fully saturated rings. The molecule has 4 heteroatoms. The van der Waals surface area contributed by atoms with Gasteiger partial charge in [0.25, 0.3) is 0 Å². The van der Waals surface area contributed by atoms with Gasteiger partial charge in [-0.25, -0.2) is 0 Å². The van der Waals surface area contributed by atoms with Crippen LogP contribution in [0.1, 0.15) is 59.4 Å². The molecular formula is C17H26N2OS. The van der Waals surface area contributed by atoms with E-state index in [1.165, 1.54) is 19.3 Å². The molecule has 2 aromatic rings. The van der Waals surface area contributed by atoms with Crippen LogP contribution < -0.4 is 4.74 Å². The number of fused-ring (bicyclic) bond motifs is 1. The van der Waals surface area contributed by atoms with Crippen LogP contribution in [-0.2, 0) is 0 Å². The second-order valence-electron chi connectivity index (χ2n) is 5.96. The Balaban J connectivity index is 2.36. The van der Waals surface area contributed by atoms with Gasteiger partial charge in [-0.1, -0.05) is 32.3 Å². The number of nitrogens with one attached hydrogen (secondary N) is 1. The van der Waals surface area contributed by atoms with Gasteiger partial charge in [-0.3, -0.25) is 0 Å². The standard InChI is InChI=1S/C17H26N2OS/c1-5-6-7-9-13(4)19-14-10-8-11-15(20-12(2)3)16(14)18-17(19)21/h8,10-13H,5-7,9H2,1-4H3,(H,18,21). The van der Waals surface area contributed by atoms with E-state index in [0.29, 0.717) is 6.04 Å². The molecule has 0 amide bonds. The summed E-state index contributed by atoms with van der Waals surface area (Å²) in [6.07, 6.45) is 5.08. The number of hydrogen-bond donors (Lipinski definition) is 1. The number of imidazole rings is 1. The third-order valence-electron chi connectivity index (χ3n) is 3.74. The Morgan fingerprint density at radius 2 is 2.00 bits per heavy atom. The highest BCUT2D eigenvalue weighted by Crippen LogP contribution is 2.29. The lowest BCUT2D eigenvalue weighted by molar-refractivity contribution is 0.245. The summed E-state index contributed by atoms with van der Waals surface area (Å²) in [4.78, 5) is 3.33. The van der Waals surface area contributed by atoms with Crippen LogP contribution >= 0.6 is 12.2 Å². The molecule has 0 radical (unpaired) electrons. The van der Waals surface area contributed by atoms with Gasteiger partial charge in [0.05, 0.1) is 11.6 Å². The SMILES string of the molecule is CCCCCC(C)n1c(=S)[nH]c2c(OC(C)C)cccc21. The highest BCUT2D eigenvalue weighted by molar-refractivity contribution is 7.71. The van der Waals surface area contributed by atoms with E-state index in [1.54, 1.807) is 0 Å². The Bertz CT molecular complexity index is 642. The minimum atomic E-state index is 0.155. The lowest BCUT2D eigenvalue weighted by Gasteiger charge is -2.15. The molecule has 0 spiro atoms. The number of rotatable bonds is 7. The van der Waals surface area contributed by atoms with E-state index in [0.717, 1.165) is 28.0 Å². The van der Waals surface area contributed by atoms with Crippen LogP contribution in [0, 0.1) is 4.77 Å². The summed E-state index contributed by atoms with van der Waals surface area (Å²) in [5.41, 5.74) is 2.15. The van der Waals surface area contributed by atoms with Crippen molar-refractivity contribution in [2.45, 2.75) is 65.5 Å². The van der Waals surface area contributed by atoms with Crippen molar-refractivity contribution in [2.75, 3.05) is 0 Å². The van der Waals surface area contributed by atoms with Crippen molar-refractivity contribution >= 4 is 23.3 Å². The molecule has 1 heterocycles. The lowest BCUT2D eigenvalue weighted by Crippen LogP contribution is -2.06. The van der Waals surface area contributed by atoms with Crippen LogP contribution in [0.5, 0.6) is 5.75 Å². The molecule has 0 saturated heterocycles. The predicted octanol–water partition coefficient (Wildman–Crippen LogP) is 5.63. The average molecular weight is 306 g/mol. The van der Waals surface area contributed by atoms with Crippen molar-refractivity contribution in [1.29, 1.82) is 0 Å². The van der Waals surface area contributed by atoms with Crippen molar-refractivity contribution < 1.29 is 4.74 Å². The van der Waals surface area contributed by atoms with Crippen LogP contribution in [0.3, 0.4) is 0 Å². The van der Waals surface area contributed by atoms with E-state index in [1.807, 2.05) is 26.0 Å². The van der Waals surface area contributed by atoms with Gasteiger partial charge in [-0.05, 0) is 51.5 Å². The normalized spacial score (nSPS) is 13.0. The van der Waals surface area contributed by atoms with E-state index < -0.39 is 0 Å². The molecule has 1 N–H and O–H groups in total. The first-order valence-electron chi connectivity index (χ1n) is 7.94. The molecule has 3 nitrogen and oxygen atoms in total. The summed E-state index contributed by atoms with van der Waals surface area (Å²) in [5.74, 6) is 0.883. The summed E-state index contributed by atoms with van der Waals surface area (Å²) >= 11 is 5.53. The van der Waals surface area contributed by atoms with E-state index in [4.69, 9.17) is 17.0 Å². The number of unbranched alkanes of at least 4 members (excludes halogenated alkanes) is 2. The van der Waals surface area contributed by atoms with E-state index >= 15 is 0 Å². The first-order chi connectivity index (χ1) is 10.0. The Morgan fingerprint density at radius 3 is 2.67 bits per heavy atom. The topological polar surface area (TPSA) is 29.9 Å². The Morgan fingerprint density at radius 1 is 1.24 bits per heavy atom. The number of aromatic nitrogens is 2. The predicted molar refractivity (Wildman–Crippen MR) is 91.7 cm³/mol. The molecule has 1 unspecified atom stereocenters. The summed E-state index contributed by atoms with van der Waals surface area (Å²) < 4.78 is 8.90. The molecule has 2 rings (SSSR count). The fourth-order valence-electron chi connectivity index (χ4n) is 2.73. The first kappa shape index (κ1) is 16.1. The monoisotopic (exact) mass is 306 g/mol. The molecular weight excluding hydrogens is 280 g/mol. The van der Waals surface area contributed by atoms with Crippen molar-refractivity contribution in [3.63, 3.8) is 0 Å². The molecule has 0 saturated carbocycles. The van der Waals surface area contributed by atoms with Crippen molar-refractivity contribution in [3.8, 4) is 5.75 Å². The van der Waals surface area contributed by atoms with Gasteiger partial charge in [0, 0.05) is 6.04 Å².